The molecule has 0 unspecified atom stereocenters. The third-order valence-corrected chi connectivity index (χ3v) is 4.61. The summed E-state index contributed by atoms with van der Waals surface area (Å²) < 4.78 is 10.8. The summed E-state index contributed by atoms with van der Waals surface area (Å²) in [4.78, 5) is 25.2. The van der Waals surface area contributed by atoms with Gasteiger partial charge in [0, 0.05) is 24.8 Å². The molecule has 2 aromatic rings. The zero-order chi connectivity index (χ0) is 19.2. The standard InChI is InChI=1S/C21H24N2O4/c1-14-7-8-16(11-15(14)2)20(24)23-19(12-17-5-3-9-26-17)21(25)22-13-18-6-4-10-27-18/h3,5,7-9,11-12,18H,4,6,10,13H2,1-2H3,(H,22,25)(H,23,24)/b19-12-/t18-/m1/s1. The zero-order valence-electron chi connectivity index (χ0n) is 15.6. The molecule has 0 aliphatic carbocycles. The topological polar surface area (TPSA) is 80.6 Å². The van der Waals surface area contributed by atoms with E-state index in [9.17, 15) is 9.59 Å². The van der Waals surface area contributed by atoms with Crippen molar-refractivity contribution in [2.45, 2.75) is 32.8 Å². The molecule has 1 aromatic carbocycles. The lowest BCUT2D eigenvalue weighted by atomic mass is 10.1. The number of nitrogens with one attached hydrogen (secondary N) is 2. The number of carbonyl (C=O) groups excluding carboxylic acids is 2. The molecule has 2 N–H and O–H groups in total. The van der Waals surface area contributed by atoms with Crippen LogP contribution in [-0.4, -0.2) is 31.1 Å². The number of ether oxygens (including phenoxy) is 1. The number of hydrogen-bond donors (Lipinski definition) is 2. The summed E-state index contributed by atoms with van der Waals surface area (Å²) in [5, 5.41) is 5.53. The molecule has 1 aliphatic heterocycles. The van der Waals surface area contributed by atoms with Crippen molar-refractivity contribution < 1.29 is 18.7 Å². The van der Waals surface area contributed by atoms with Crippen LogP contribution in [0.3, 0.4) is 0 Å². The number of furan rings is 1. The van der Waals surface area contributed by atoms with Gasteiger partial charge < -0.3 is 19.8 Å². The van der Waals surface area contributed by atoms with Gasteiger partial charge in [0.1, 0.15) is 11.5 Å². The molecule has 1 fully saturated rings. The summed E-state index contributed by atoms with van der Waals surface area (Å²) in [6.45, 7) is 5.06. The molecule has 1 aliphatic rings. The van der Waals surface area contributed by atoms with E-state index in [-0.39, 0.29) is 23.6 Å². The summed E-state index contributed by atoms with van der Waals surface area (Å²) in [6.07, 6.45) is 4.98. The van der Waals surface area contributed by atoms with E-state index in [0.717, 1.165) is 30.6 Å². The van der Waals surface area contributed by atoms with Gasteiger partial charge in [-0.3, -0.25) is 9.59 Å². The van der Waals surface area contributed by atoms with Crippen LogP contribution in [0.5, 0.6) is 0 Å². The van der Waals surface area contributed by atoms with Crippen molar-refractivity contribution in [3.05, 3.63) is 64.7 Å². The number of aryl methyl sites for hydroxylation is 2. The fourth-order valence-electron chi connectivity index (χ4n) is 2.86. The number of benzene rings is 1. The Balaban J connectivity index is 1.73. The van der Waals surface area contributed by atoms with Crippen LogP contribution in [0.15, 0.2) is 46.7 Å². The largest absolute Gasteiger partial charge is 0.465 e. The minimum atomic E-state index is -0.376. The molecule has 1 atom stereocenters. The highest BCUT2D eigenvalue weighted by Crippen LogP contribution is 2.13. The normalized spacial score (nSPS) is 17.0. The Kier molecular flexibility index (Phi) is 6.08. The SMILES string of the molecule is Cc1ccc(C(=O)N/C(=C\c2ccco2)C(=O)NC[C@H]2CCCO2)cc1C. The van der Waals surface area contributed by atoms with Crippen molar-refractivity contribution in [1.29, 1.82) is 0 Å². The number of hydrogen-bond acceptors (Lipinski definition) is 4. The van der Waals surface area contributed by atoms with Gasteiger partial charge in [-0.15, -0.1) is 0 Å². The van der Waals surface area contributed by atoms with E-state index in [0.29, 0.717) is 17.9 Å². The predicted molar refractivity (Wildman–Crippen MR) is 102 cm³/mol. The van der Waals surface area contributed by atoms with Crippen LogP contribution < -0.4 is 10.6 Å². The van der Waals surface area contributed by atoms with Crippen LogP contribution in [0.4, 0.5) is 0 Å². The van der Waals surface area contributed by atoms with Gasteiger partial charge in [0.25, 0.3) is 11.8 Å². The van der Waals surface area contributed by atoms with Crippen LogP contribution in [0, 0.1) is 13.8 Å². The Morgan fingerprint density at radius 3 is 2.74 bits per heavy atom. The van der Waals surface area contributed by atoms with Crippen LogP contribution in [0.1, 0.15) is 40.1 Å². The molecule has 6 heteroatoms. The molecule has 0 radical (unpaired) electrons. The van der Waals surface area contributed by atoms with Crippen molar-refractivity contribution >= 4 is 17.9 Å². The van der Waals surface area contributed by atoms with Gasteiger partial charge in [0.15, 0.2) is 0 Å². The second-order valence-corrected chi connectivity index (χ2v) is 6.67. The molecule has 2 heterocycles. The first-order valence-electron chi connectivity index (χ1n) is 9.06. The third-order valence-electron chi connectivity index (χ3n) is 4.61. The third kappa shape index (κ3) is 5.08. The van der Waals surface area contributed by atoms with Gasteiger partial charge >= 0.3 is 0 Å². The van der Waals surface area contributed by atoms with Gasteiger partial charge in [-0.25, -0.2) is 0 Å². The Bertz CT molecular complexity index is 834. The van der Waals surface area contributed by atoms with Gasteiger partial charge in [-0.2, -0.15) is 0 Å². The summed E-state index contributed by atoms with van der Waals surface area (Å²) >= 11 is 0. The van der Waals surface area contributed by atoms with Crippen LogP contribution in [0.25, 0.3) is 6.08 Å². The van der Waals surface area contributed by atoms with Crippen molar-refractivity contribution in [2.75, 3.05) is 13.2 Å². The van der Waals surface area contributed by atoms with Crippen molar-refractivity contribution in [1.82, 2.24) is 10.6 Å². The lowest BCUT2D eigenvalue weighted by Gasteiger charge is -2.14. The molecule has 27 heavy (non-hydrogen) atoms. The monoisotopic (exact) mass is 368 g/mol. The molecule has 1 saturated heterocycles. The highest BCUT2D eigenvalue weighted by atomic mass is 16.5. The Hall–Kier alpha value is -2.86. The van der Waals surface area contributed by atoms with Gasteiger partial charge in [-0.1, -0.05) is 6.07 Å². The van der Waals surface area contributed by atoms with Gasteiger partial charge in [0.2, 0.25) is 0 Å². The second-order valence-electron chi connectivity index (χ2n) is 6.67. The molecule has 142 valence electrons. The molecule has 1 aromatic heterocycles. The molecule has 6 nitrogen and oxygen atoms in total. The second kappa shape index (κ2) is 8.68. The minimum Gasteiger partial charge on any atom is -0.465 e. The average molecular weight is 368 g/mol. The maximum Gasteiger partial charge on any atom is 0.268 e. The molecule has 0 saturated carbocycles. The minimum absolute atomic E-state index is 0.0225. The van der Waals surface area contributed by atoms with Crippen LogP contribution in [0.2, 0.25) is 0 Å². The first-order chi connectivity index (χ1) is 13.0. The van der Waals surface area contributed by atoms with Crippen molar-refractivity contribution in [2.24, 2.45) is 0 Å². The van der Waals surface area contributed by atoms with E-state index in [1.165, 1.54) is 12.3 Å². The molecule has 2 amide bonds. The predicted octanol–water partition coefficient (Wildman–Crippen LogP) is 2.96. The lowest BCUT2D eigenvalue weighted by Crippen LogP contribution is -2.38. The van der Waals surface area contributed by atoms with E-state index in [1.807, 2.05) is 19.9 Å². The Morgan fingerprint density at radius 1 is 1.22 bits per heavy atom. The fourth-order valence-corrected chi connectivity index (χ4v) is 2.86. The van der Waals surface area contributed by atoms with Gasteiger partial charge in [0.05, 0.1) is 12.4 Å². The first-order valence-corrected chi connectivity index (χ1v) is 9.06. The summed E-state index contributed by atoms with van der Waals surface area (Å²) in [7, 11) is 0. The first kappa shape index (κ1) is 18.9. The lowest BCUT2D eigenvalue weighted by molar-refractivity contribution is -0.118. The van der Waals surface area contributed by atoms with E-state index in [2.05, 4.69) is 10.6 Å². The molecular weight excluding hydrogens is 344 g/mol. The van der Waals surface area contributed by atoms with E-state index in [4.69, 9.17) is 9.15 Å². The smallest absolute Gasteiger partial charge is 0.268 e. The van der Waals surface area contributed by atoms with E-state index >= 15 is 0 Å². The molecular formula is C21H24N2O4. The number of amides is 2. The maximum atomic E-state index is 12.6. The van der Waals surface area contributed by atoms with E-state index < -0.39 is 0 Å². The van der Waals surface area contributed by atoms with Crippen LogP contribution >= 0.6 is 0 Å². The zero-order valence-corrected chi connectivity index (χ0v) is 15.6. The quantitative estimate of drug-likeness (QED) is 0.768. The fraction of sp³-hybridized carbons (Fsp3) is 0.333. The molecule has 0 bridgehead atoms. The maximum absolute atomic E-state index is 12.6. The Labute approximate surface area is 158 Å². The average Bonchev–Trinajstić information content (AvgIpc) is 3.35. The number of carbonyl (C=O) groups is 2. The van der Waals surface area contributed by atoms with Crippen molar-refractivity contribution in [3.63, 3.8) is 0 Å². The summed E-state index contributed by atoms with van der Waals surface area (Å²) in [6, 6.07) is 8.87. The van der Waals surface area contributed by atoms with Crippen molar-refractivity contribution in [3.8, 4) is 0 Å². The van der Waals surface area contributed by atoms with E-state index in [1.54, 1.807) is 24.3 Å². The Morgan fingerprint density at radius 2 is 2.07 bits per heavy atom. The number of rotatable bonds is 6. The highest BCUT2D eigenvalue weighted by Gasteiger charge is 2.19. The molecule has 0 spiro atoms. The molecule has 3 rings (SSSR count). The van der Waals surface area contributed by atoms with Gasteiger partial charge in [-0.05, 0) is 62.1 Å². The summed E-state index contributed by atoms with van der Waals surface area (Å²) in [5.74, 6) is -0.236. The summed E-state index contributed by atoms with van der Waals surface area (Å²) in [5.41, 5.74) is 2.75. The highest BCUT2D eigenvalue weighted by molar-refractivity contribution is 6.05. The van der Waals surface area contributed by atoms with Crippen LogP contribution in [-0.2, 0) is 9.53 Å².